The maximum absolute atomic E-state index is 11.2. The smallest absolute Gasteiger partial charge is 0.224 e. The fourth-order valence-electron chi connectivity index (χ4n) is 1.22. The van der Waals surface area contributed by atoms with Gasteiger partial charge in [0.2, 0.25) is 5.91 Å². The van der Waals surface area contributed by atoms with E-state index >= 15 is 0 Å². The molecule has 0 atom stereocenters. The number of carbonyl (C=O) groups is 1. The lowest BCUT2D eigenvalue weighted by Crippen LogP contribution is -2.14. The predicted octanol–water partition coefficient (Wildman–Crippen LogP) is 0.0893. The molecule has 108 valence electrons. The number of amides is 1. The third-order valence-electron chi connectivity index (χ3n) is 2.10. The zero-order valence-corrected chi connectivity index (χ0v) is 11.2. The highest BCUT2D eigenvalue weighted by atomic mass is 32.2. The van der Waals surface area contributed by atoms with Crippen molar-refractivity contribution in [3.8, 4) is 0 Å². The molecule has 0 unspecified atom stereocenters. The van der Waals surface area contributed by atoms with E-state index in [0.717, 1.165) is 0 Å². The van der Waals surface area contributed by atoms with Crippen LogP contribution in [0.2, 0.25) is 0 Å². The van der Waals surface area contributed by atoms with Gasteiger partial charge in [-0.1, -0.05) is 6.92 Å². The van der Waals surface area contributed by atoms with E-state index in [-0.39, 0.29) is 7.85 Å². The Bertz CT molecular complexity index is 712. The van der Waals surface area contributed by atoms with Crippen molar-refractivity contribution in [2.24, 2.45) is 0 Å². The Hall–Kier alpha value is -1.49. The van der Waals surface area contributed by atoms with E-state index in [4.69, 9.17) is 0 Å². The fourth-order valence-corrected chi connectivity index (χ4v) is 2.33. The van der Waals surface area contributed by atoms with Crippen LogP contribution in [-0.2, 0) is 25.0 Å². The number of benzene rings is 1. The third kappa shape index (κ3) is 3.99. The van der Waals surface area contributed by atoms with E-state index in [2.05, 4.69) is 5.32 Å². The van der Waals surface area contributed by atoms with E-state index in [1.807, 2.05) is 0 Å². The monoisotopic (exact) mass is 309 g/mol. The minimum Gasteiger partial charge on any atom is -0.744 e. The van der Waals surface area contributed by atoms with Crippen molar-refractivity contribution in [3.63, 3.8) is 0 Å². The van der Waals surface area contributed by atoms with Gasteiger partial charge in [-0.05, 0) is 18.2 Å². The van der Waals surface area contributed by atoms with Gasteiger partial charge in [-0.2, -0.15) is 0 Å². The molecule has 0 saturated heterocycles. The third-order valence-corrected chi connectivity index (χ3v) is 3.83. The summed E-state index contributed by atoms with van der Waals surface area (Å²) in [6, 6.07) is 1.99. The van der Waals surface area contributed by atoms with E-state index in [1.54, 1.807) is 0 Å². The molecule has 1 N–H and O–H groups in total. The summed E-state index contributed by atoms with van der Waals surface area (Å²) in [6.07, 6.45) is -0.0211. The van der Waals surface area contributed by atoms with Gasteiger partial charge >= 0.3 is 0 Å². The minimum atomic E-state index is -4.91. The van der Waals surface area contributed by atoms with Gasteiger partial charge in [-0.3, -0.25) is 4.79 Å². The van der Waals surface area contributed by atoms with Gasteiger partial charge in [0.25, 0.3) is 0 Å². The van der Waals surface area contributed by atoms with E-state index in [1.165, 1.54) is 6.92 Å². The van der Waals surface area contributed by atoms with Crippen LogP contribution in [0.25, 0.3) is 0 Å². The largest absolute Gasteiger partial charge is 0.744 e. The molecule has 10 heteroatoms. The van der Waals surface area contributed by atoms with Crippen LogP contribution in [0.4, 0.5) is 5.69 Å². The average molecular weight is 309 g/mol. The summed E-state index contributed by atoms with van der Waals surface area (Å²) >= 11 is 0. The second kappa shape index (κ2) is 5.25. The maximum Gasteiger partial charge on any atom is 0.224 e. The summed E-state index contributed by atoms with van der Waals surface area (Å²) in [5.74, 6) is -0.634. The number of hydrogen-bond acceptors (Lipinski definition) is 7. The second-order valence-corrected chi connectivity index (χ2v) is 6.20. The van der Waals surface area contributed by atoms with Crippen LogP contribution in [0.1, 0.15) is 14.8 Å². The highest BCUT2D eigenvalue weighted by molar-refractivity contribution is 7.86. The molecule has 1 rings (SSSR count). The standard InChI is InChI=1S/C9H11NO7S2.H2/c1-2-9(11)10-7-5-6(18(12,13)14)3-4-8(7)19(15,16)17;/h3-5H,2H2,1H3,(H,10,11)(H,12,13,14)(H,15,16,17);1H/p-2. The van der Waals surface area contributed by atoms with Gasteiger partial charge in [-0.15, -0.1) is 0 Å². The lowest BCUT2D eigenvalue weighted by atomic mass is 10.3. The van der Waals surface area contributed by atoms with Crippen molar-refractivity contribution in [3.05, 3.63) is 18.2 Å². The quantitative estimate of drug-likeness (QED) is 0.776. The van der Waals surface area contributed by atoms with Crippen LogP contribution in [-0.4, -0.2) is 31.8 Å². The first kappa shape index (κ1) is 15.6. The first-order valence-electron chi connectivity index (χ1n) is 4.91. The molecule has 0 aromatic heterocycles. The number of rotatable bonds is 4. The molecular formula is C9H11NO7S2-2. The number of hydrogen-bond donors (Lipinski definition) is 1. The first-order valence-corrected chi connectivity index (χ1v) is 7.73. The van der Waals surface area contributed by atoms with Crippen LogP contribution in [0.15, 0.2) is 28.0 Å². The molecular weight excluding hydrogens is 298 g/mol. The Morgan fingerprint density at radius 3 is 2.21 bits per heavy atom. The molecule has 0 aliphatic rings. The Kier molecular flexibility index (Phi) is 4.30. The van der Waals surface area contributed by atoms with E-state index < -0.39 is 41.6 Å². The van der Waals surface area contributed by atoms with Crippen LogP contribution < -0.4 is 5.32 Å². The van der Waals surface area contributed by atoms with E-state index in [0.29, 0.717) is 18.2 Å². The molecule has 0 bridgehead atoms. The summed E-state index contributed by atoms with van der Waals surface area (Å²) in [5.41, 5.74) is -0.529. The van der Waals surface area contributed by atoms with Crippen LogP contribution in [0.3, 0.4) is 0 Å². The van der Waals surface area contributed by atoms with Gasteiger partial charge in [0.1, 0.15) is 20.2 Å². The second-order valence-electron chi connectivity index (χ2n) is 3.47. The SMILES string of the molecule is CCC(=O)Nc1cc(S(=O)(=O)[O-])ccc1S(=O)(=O)[O-].[HH]. The number of anilines is 1. The van der Waals surface area contributed by atoms with Gasteiger partial charge in [0.05, 0.1) is 15.5 Å². The Morgan fingerprint density at radius 1 is 1.21 bits per heavy atom. The molecule has 0 heterocycles. The summed E-state index contributed by atoms with van der Waals surface area (Å²) in [5, 5.41) is 2.06. The number of carbonyl (C=O) groups excluding carboxylic acids is 1. The molecule has 0 aliphatic heterocycles. The average Bonchev–Trinajstić information content (AvgIpc) is 2.26. The molecule has 0 fully saturated rings. The van der Waals surface area contributed by atoms with Gasteiger partial charge in [0.15, 0.2) is 0 Å². The lowest BCUT2D eigenvalue weighted by molar-refractivity contribution is -0.115. The van der Waals surface area contributed by atoms with Crippen LogP contribution >= 0.6 is 0 Å². The van der Waals surface area contributed by atoms with E-state index in [9.17, 15) is 30.7 Å². The maximum atomic E-state index is 11.2. The normalized spacial score (nSPS) is 12.2. The molecule has 1 aromatic carbocycles. The summed E-state index contributed by atoms with van der Waals surface area (Å²) < 4.78 is 65.3. The zero-order valence-electron chi connectivity index (χ0n) is 9.61. The summed E-state index contributed by atoms with van der Waals surface area (Å²) in [7, 11) is -9.74. The Labute approximate surface area is 111 Å². The fraction of sp³-hybridized carbons (Fsp3) is 0.222. The van der Waals surface area contributed by atoms with Crippen molar-refractivity contribution in [2.75, 3.05) is 5.32 Å². The summed E-state index contributed by atoms with van der Waals surface area (Å²) in [4.78, 5) is 9.64. The molecule has 0 aliphatic carbocycles. The topological polar surface area (TPSA) is 144 Å². The molecule has 0 saturated carbocycles. The van der Waals surface area contributed by atoms with Crippen LogP contribution in [0.5, 0.6) is 0 Å². The van der Waals surface area contributed by atoms with Crippen molar-refractivity contribution in [1.82, 2.24) is 0 Å². The number of nitrogens with one attached hydrogen (secondary N) is 1. The van der Waals surface area contributed by atoms with Crippen molar-refractivity contribution in [1.29, 1.82) is 0 Å². The minimum absolute atomic E-state index is 0. The summed E-state index contributed by atoms with van der Waals surface area (Å²) in [6.45, 7) is 1.47. The van der Waals surface area contributed by atoms with Gasteiger partial charge in [0, 0.05) is 7.85 Å². The highest BCUT2D eigenvalue weighted by Crippen LogP contribution is 2.24. The van der Waals surface area contributed by atoms with Crippen molar-refractivity contribution < 1.29 is 32.2 Å². The molecule has 1 amide bonds. The molecule has 0 spiro atoms. The lowest BCUT2D eigenvalue weighted by Gasteiger charge is -2.16. The molecule has 0 radical (unpaired) electrons. The highest BCUT2D eigenvalue weighted by Gasteiger charge is 2.14. The zero-order chi connectivity index (χ0) is 14.8. The predicted molar refractivity (Wildman–Crippen MR) is 63.4 cm³/mol. The van der Waals surface area contributed by atoms with Crippen molar-refractivity contribution >= 4 is 31.8 Å². The first-order chi connectivity index (χ1) is 8.55. The van der Waals surface area contributed by atoms with Gasteiger partial charge < -0.3 is 14.4 Å². The Balaban J connectivity index is 0.00000361. The van der Waals surface area contributed by atoms with Gasteiger partial charge in [-0.25, -0.2) is 16.8 Å². The van der Waals surface area contributed by atoms with Crippen LogP contribution in [0, 0.1) is 0 Å². The molecule has 1 aromatic rings. The molecule has 8 nitrogen and oxygen atoms in total. The Morgan fingerprint density at radius 2 is 1.79 bits per heavy atom. The molecule has 19 heavy (non-hydrogen) atoms. The van der Waals surface area contributed by atoms with Crippen molar-refractivity contribution in [2.45, 2.75) is 23.1 Å².